The summed E-state index contributed by atoms with van der Waals surface area (Å²) in [5.41, 5.74) is 10.5. The molecule has 0 saturated carbocycles. The van der Waals surface area contributed by atoms with E-state index in [4.69, 9.17) is 11.5 Å². The molecule has 0 aliphatic carbocycles. The highest BCUT2D eigenvalue weighted by molar-refractivity contribution is 5.87. The highest BCUT2D eigenvalue weighted by atomic mass is 16.2. The van der Waals surface area contributed by atoms with Gasteiger partial charge in [-0.1, -0.05) is 0 Å². The van der Waals surface area contributed by atoms with Crippen molar-refractivity contribution in [2.45, 2.75) is 18.9 Å². The van der Waals surface area contributed by atoms with Crippen molar-refractivity contribution >= 4 is 11.8 Å². The lowest BCUT2D eigenvalue weighted by atomic mass is 10.1. The van der Waals surface area contributed by atoms with Crippen LogP contribution in [-0.2, 0) is 9.59 Å². The van der Waals surface area contributed by atoms with Crippen LogP contribution < -0.4 is 16.8 Å². The van der Waals surface area contributed by atoms with E-state index in [1.807, 2.05) is 0 Å². The second-order valence-electron chi connectivity index (χ2n) is 4.44. The highest BCUT2D eigenvalue weighted by Gasteiger charge is 2.21. The third-order valence-electron chi connectivity index (χ3n) is 2.81. The molecule has 0 spiro atoms. The minimum absolute atomic E-state index is 0.101. The number of amides is 2. The third-order valence-corrected chi connectivity index (χ3v) is 2.81. The first-order valence-corrected chi connectivity index (χ1v) is 5.49. The van der Waals surface area contributed by atoms with Crippen LogP contribution in [0.2, 0.25) is 0 Å². The summed E-state index contributed by atoms with van der Waals surface area (Å²) in [6.07, 6.45) is 0.984. The molecule has 1 aliphatic rings. The van der Waals surface area contributed by atoms with Gasteiger partial charge in [-0.05, 0) is 25.9 Å². The maximum atomic E-state index is 11.5. The van der Waals surface area contributed by atoms with Crippen molar-refractivity contribution in [1.29, 1.82) is 0 Å². The summed E-state index contributed by atoms with van der Waals surface area (Å²) < 4.78 is 0. The highest BCUT2D eigenvalue weighted by Crippen LogP contribution is 2.12. The number of hydrogen-bond acceptors (Lipinski definition) is 4. The fourth-order valence-corrected chi connectivity index (χ4v) is 1.88. The maximum absolute atomic E-state index is 11.5. The maximum Gasteiger partial charge on any atom is 0.237 e. The number of nitrogens with zero attached hydrogens (tertiary/aromatic N) is 1. The van der Waals surface area contributed by atoms with Gasteiger partial charge < -0.3 is 21.7 Å². The van der Waals surface area contributed by atoms with Crippen LogP contribution in [0.4, 0.5) is 0 Å². The third kappa shape index (κ3) is 4.16. The summed E-state index contributed by atoms with van der Waals surface area (Å²) in [4.78, 5) is 24.3. The molecule has 5 N–H and O–H groups in total. The van der Waals surface area contributed by atoms with Gasteiger partial charge in [-0.2, -0.15) is 0 Å². The molecule has 2 unspecified atom stereocenters. The lowest BCUT2D eigenvalue weighted by Crippen LogP contribution is -2.44. The van der Waals surface area contributed by atoms with Crippen LogP contribution in [-0.4, -0.2) is 49.4 Å². The minimum Gasteiger partial charge on any atom is -0.370 e. The Morgan fingerprint density at radius 1 is 1.56 bits per heavy atom. The van der Waals surface area contributed by atoms with E-state index in [0.29, 0.717) is 12.5 Å². The molecule has 1 aliphatic heterocycles. The fourth-order valence-electron chi connectivity index (χ4n) is 1.88. The van der Waals surface area contributed by atoms with Crippen molar-refractivity contribution in [2.75, 3.05) is 26.7 Å². The van der Waals surface area contributed by atoms with Crippen molar-refractivity contribution in [1.82, 2.24) is 10.2 Å². The first-order valence-electron chi connectivity index (χ1n) is 5.49. The minimum atomic E-state index is -0.823. The zero-order chi connectivity index (χ0) is 12.1. The normalized spacial score (nSPS) is 23.0. The standard InChI is InChI=1S/C10H20N4O2/c1-14-3-2-7(6-14)5-13-10(16)8(11)4-9(12)15/h7-8H,2-6,11H2,1H3,(H2,12,15)(H,13,16). The van der Waals surface area contributed by atoms with Gasteiger partial charge in [0.25, 0.3) is 0 Å². The van der Waals surface area contributed by atoms with E-state index in [1.54, 1.807) is 0 Å². The zero-order valence-corrected chi connectivity index (χ0v) is 9.61. The van der Waals surface area contributed by atoms with Crippen molar-refractivity contribution in [3.63, 3.8) is 0 Å². The first kappa shape index (κ1) is 12.9. The Balaban J connectivity index is 2.21. The Morgan fingerprint density at radius 3 is 2.75 bits per heavy atom. The van der Waals surface area contributed by atoms with Crippen LogP contribution in [0.3, 0.4) is 0 Å². The number of carbonyl (C=O) groups is 2. The molecule has 2 atom stereocenters. The number of carbonyl (C=O) groups excluding carboxylic acids is 2. The summed E-state index contributed by atoms with van der Waals surface area (Å²) in [6, 6.07) is -0.823. The van der Waals surface area contributed by atoms with Crippen molar-refractivity contribution in [3.8, 4) is 0 Å². The fraction of sp³-hybridized carbons (Fsp3) is 0.800. The molecule has 16 heavy (non-hydrogen) atoms. The van der Waals surface area contributed by atoms with Crippen molar-refractivity contribution in [3.05, 3.63) is 0 Å². The zero-order valence-electron chi connectivity index (χ0n) is 9.61. The number of nitrogens with one attached hydrogen (secondary N) is 1. The van der Waals surface area contributed by atoms with E-state index >= 15 is 0 Å². The molecular weight excluding hydrogens is 208 g/mol. The molecule has 1 saturated heterocycles. The van der Waals surface area contributed by atoms with Crippen LogP contribution in [0.25, 0.3) is 0 Å². The molecule has 0 aromatic rings. The Labute approximate surface area is 95.3 Å². The lowest BCUT2D eigenvalue weighted by molar-refractivity contribution is -0.126. The molecule has 1 fully saturated rings. The van der Waals surface area contributed by atoms with Gasteiger partial charge in [0.2, 0.25) is 11.8 Å². The van der Waals surface area contributed by atoms with Crippen LogP contribution in [0.1, 0.15) is 12.8 Å². The predicted octanol–water partition coefficient (Wildman–Crippen LogP) is -1.74. The number of primary amides is 1. The van der Waals surface area contributed by atoms with Gasteiger partial charge >= 0.3 is 0 Å². The van der Waals surface area contributed by atoms with Crippen LogP contribution >= 0.6 is 0 Å². The van der Waals surface area contributed by atoms with Crippen LogP contribution in [0.15, 0.2) is 0 Å². The quantitative estimate of drug-likeness (QED) is 0.519. The molecule has 1 heterocycles. The van der Waals surface area contributed by atoms with E-state index in [9.17, 15) is 9.59 Å². The molecule has 0 radical (unpaired) electrons. The van der Waals surface area contributed by atoms with Gasteiger partial charge in [0, 0.05) is 13.1 Å². The molecule has 6 heteroatoms. The van der Waals surface area contributed by atoms with Gasteiger partial charge in [-0.25, -0.2) is 0 Å². The summed E-state index contributed by atoms with van der Waals surface area (Å²) >= 11 is 0. The molecule has 0 bridgehead atoms. The molecule has 1 rings (SSSR count). The van der Waals surface area contributed by atoms with E-state index in [-0.39, 0.29) is 12.3 Å². The molecular formula is C10H20N4O2. The number of likely N-dealkylation sites (tertiary alicyclic amines) is 1. The second-order valence-corrected chi connectivity index (χ2v) is 4.44. The van der Waals surface area contributed by atoms with Gasteiger partial charge in [0.1, 0.15) is 0 Å². The van der Waals surface area contributed by atoms with E-state index in [2.05, 4.69) is 17.3 Å². The van der Waals surface area contributed by atoms with Crippen molar-refractivity contribution < 1.29 is 9.59 Å². The summed E-state index contributed by atoms with van der Waals surface area (Å²) in [5.74, 6) is -0.369. The summed E-state index contributed by atoms with van der Waals surface area (Å²) in [7, 11) is 2.06. The average Bonchev–Trinajstić information content (AvgIpc) is 2.59. The first-order chi connectivity index (χ1) is 7.49. The second kappa shape index (κ2) is 5.81. The van der Waals surface area contributed by atoms with Crippen LogP contribution in [0, 0.1) is 5.92 Å². The summed E-state index contributed by atoms with van der Waals surface area (Å²) in [5, 5.41) is 2.75. The van der Waals surface area contributed by atoms with Gasteiger partial charge in [-0.15, -0.1) is 0 Å². The Bertz CT molecular complexity index is 270. The number of hydrogen-bond donors (Lipinski definition) is 3. The smallest absolute Gasteiger partial charge is 0.237 e. The van der Waals surface area contributed by atoms with Gasteiger partial charge in [0.05, 0.1) is 12.5 Å². The average molecular weight is 228 g/mol. The summed E-state index contributed by atoms with van der Waals surface area (Å²) in [6.45, 7) is 2.68. The van der Waals surface area contributed by atoms with Gasteiger partial charge in [-0.3, -0.25) is 9.59 Å². The molecule has 2 amide bonds. The monoisotopic (exact) mass is 228 g/mol. The predicted molar refractivity (Wildman–Crippen MR) is 60.4 cm³/mol. The lowest BCUT2D eigenvalue weighted by Gasteiger charge is -2.14. The molecule has 0 aromatic carbocycles. The Hall–Kier alpha value is -1.14. The largest absolute Gasteiger partial charge is 0.370 e. The molecule has 6 nitrogen and oxygen atoms in total. The number of nitrogens with two attached hydrogens (primary N) is 2. The van der Waals surface area contributed by atoms with Crippen LogP contribution in [0.5, 0.6) is 0 Å². The van der Waals surface area contributed by atoms with Crippen molar-refractivity contribution in [2.24, 2.45) is 17.4 Å². The Kier molecular flexibility index (Phi) is 4.70. The van der Waals surface area contributed by atoms with E-state index in [1.165, 1.54) is 0 Å². The Morgan fingerprint density at radius 2 is 2.25 bits per heavy atom. The topological polar surface area (TPSA) is 101 Å². The molecule has 92 valence electrons. The SMILES string of the molecule is CN1CCC(CNC(=O)C(N)CC(N)=O)C1. The van der Waals surface area contributed by atoms with E-state index < -0.39 is 11.9 Å². The van der Waals surface area contributed by atoms with E-state index in [0.717, 1.165) is 19.5 Å². The van der Waals surface area contributed by atoms with Gasteiger partial charge in [0.15, 0.2) is 0 Å². The number of rotatable bonds is 5. The molecule has 0 aromatic heterocycles.